The molecule has 1 aromatic rings. The van der Waals surface area contributed by atoms with E-state index in [2.05, 4.69) is 21.0 Å². The molecule has 7 nitrogen and oxygen atoms in total. The first-order chi connectivity index (χ1) is 12.9. The summed E-state index contributed by atoms with van der Waals surface area (Å²) in [6, 6.07) is 1.88. The van der Waals surface area contributed by atoms with E-state index in [0.717, 1.165) is 57.2 Å². The third-order valence-electron chi connectivity index (χ3n) is 6.71. The second kappa shape index (κ2) is 7.92. The molecule has 0 unspecified atom stereocenters. The Kier molecular flexibility index (Phi) is 6.01. The standard InChI is InChI=1S/C19H26N4O3S.K/c1-22-10-15-9-14(22)11-23(15)27(25,26)21-19(24)20-18-16-6-2-4-12(16)8-13-5-3-7-17(13)18;/h8,14-15H,2-7,9-11H2,1H3,(H2,20,21,24);/t14-,15-;/m0./s1. The van der Waals surface area contributed by atoms with Crippen LogP contribution in [0.4, 0.5) is 10.5 Å². The molecule has 2 aliphatic carbocycles. The number of rotatable bonds is 3. The van der Waals surface area contributed by atoms with E-state index in [1.165, 1.54) is 26.6 Å². The summed E-state index contributed by atoms with van der Waals surface area (Å²) in [6.07, 6.45) is 7.02. The Balaban J connectivity index is 0.00000192. The largest absolute Gasteiger partial charge is 0.333 e. The van der Waals surface area contributed by atoms with Crippen molar-refractivity contribution >= 4 is 73.3 Å². The Labute approximate surface area is 209 Å². The van der Waals surface area contributed by atoms with Crippen molar-refractivity contribution in [2.75, 3.05) is 25.5 Å². The molecule has 9 heteroatoms. The molecule has 0 spiro atoms. The van der Waals surface area contributed by atoms with Crippen LogP contribution in [0.25, 0.3) is 0 Å². The van der Waals surface area contributed by atoms with Crippen LogP contribution >= 0.6 is 0 Å². The topological polar surface area (TPSA) is 81.8 Å². The van der Waals surface area contributed by atoms with Crippen molar-refractivity contribution in [3.63, 3.8) is 0 Å². The fourth-order valence-electron chi connectivity index (χ4n) is 5.41. The van der Waals surface area contributed by atoms with Crippen molar-refractivity contribution in [2.45, 2.75) is 57.0 Å². The first kappa shape index (κ1) is 21.2. The van der Waals surface area contributed by atoms with Gasteiger partial charge in [-0.3, -0.25) is 0 Å². The predicted molar refractivity (Wildman–Crippen MR) is 109 cm³/mol. The Hall–Kier alpha value is -0.00364. The molecule has 0 saturated carbocycles. The van der Waals surface area contributed by atoms with Crippen LogP contribution in [0.15, 0.2) is 6.07 Å². The molecule has 1 aromatic carbocycles. The van der Waals surface area contributed by atoms with Gasteiger partial charge in [-0.25, -0.2) is 9.52 Å². The maximum absolute atomic E-state index is 12.7. The van der Waals surface area contributed by atoms with Crippen molar-refractivity contribution in [3.05, 3.63) is 28.3 Å². The number of piperazine rings is 1. The van der Waals surface area contributed by atoms with E-state index in [4.69, 9.17) is 0 Å². The molecule has 4 aliphatic rings. The fourth-order valence-corrected chi connectivity index (χ4v) is 6.72. The van der Waals surface area contributed by atoms with Crippen LogP contribution in [0.5, 0.6) is 0 Å². The number of likely N-dealkylation sites (N-methyl/N-ethyl adjacent to an activating group) is 1. The van der Waals surface area contributed by atoms with E-state index in [1.54, 1.807) is 0 Å². The molecule has 1 radical (unpaired) electrons. The normalized spacial score (nSPS) is 26.0. The number of hydrogen-bond donors (Lipinski definition) is 2. The van der Waals surface area contributed by atoms with E-state index < -0.39 is 16.2 Å². The van der Waals surface area contributed by atoms with E-state index in [1.807, 2.05) is 7.05 Å². The number of amides is 2. The minimum absolute atomic E-state index is 0. The minimum Gasteiger partial charge on any atom is -0.307 e. The van der Waals surface area contributed by atoms with Gasteiger partial charge in [-0.15, -0.1) is 0 Å². The zero-order valence-corrected chi connectivity index (χ0v) is 20.6. The van der Waals surface area contributed by atoms with Gasteiger partial charge in [0.05, 0.1) is 0 Å². The van der Waals surface area contributed by atoms with Gasteiger partial charge in [-0.05, 0) is 74.2 Å². The zero-order valence-electron chi connectivity index (χ0n) is 16.6. The summed E-state index contributed by atoms with van der Waals surface area (Å²) < 4.78 is 29.2. The van der Waals surface area contributed by atoms with E-state index in [0.29, 0.717) is 6.54 Å². The van der Waals surface area contributed by atoms with E-state index in [9.17, 15) is 13.2 Å². The Morgan fingerprint density at radius 3 is 2.21 bits per heavy atom. The number of fused-ring (bicyclic) bond motifs is 4. The van der Waals surface area contributed by atoms with Gasteiger partial charge in [0.15, 0.2) is 0 Å². The molecule has 2 fully saturated rings. The van der Waals surface area contributed by atoms with Gasteiger partial charge >= 0.3 is 16.2 Å². The van der Waals surface area contributed by atoms with Crippen molar-refractivity contribution in [1.82, 2.24) is 13.9 Å². The maximum atomic E-state index is 12.7. The quantitative estimate of drug-likeness (QED) is 0.704. The molecule has 0 aromatic heterocycles. The average Bonchev–Trinajstić information content (AvgIpc) is 3.36. The van der Waals surface area contributed by atoms with E-state index in [-0.39, 0.29) is 63.5 Å². The molecule has 2 saturated heterocycles. The number of anilines is 1. The van der Waals surface area contributed by atoms with Gasteiger partial charge in [0.25, 0.3) is 0 Å². The summed E-state index contributed by atoms with van der Waals surface area (Å²) in [5.74, 6) is 0. The van der Waals surface area contributed by atoms with Gasteiger partial charge in [0, 0.05) is 82.2 Å². The first-order valence-electron chi connectivity index (χ1n) is 9.89. The molecule has 147 valence electrons. The molecule has 2 amide bonds. The molecule has 2 atom stereocenters. The molecular formula is C19H26KN4O3S. The summed E-state index contributed by atoms with van der Waals surface area (Å²) in [5, 5.41) is 2.91. The second-order valence-electron chi connectivity index (χ2n) is 8.35. The number of urea groups is 1. The van der Waals surface area contributed by atoms with Crippen LogP contribution in [-0.4, -0.2) is 107 Å². The number of nitrogens with zero attached hydrogens (tertiary/aromatic N) is 2. The molecule has 2 bridgehead atoms. The number of aryl methyl sites for hydroxylation is 2. The van der Waals surface area contributed by atoms with Gasteiger partial charge in [-0.1, -0.05) is 6.07 Å². The summed E-state index contributed by atoms with van der Waals surface area (Å²) in [5.41, 5.74) is 5.89. The predicted octanol–water partition coefficient (Wildman–Crippen LogP) is 1.04. The van der Waals surface area contributed by atoms with Gasteiger partial charge in [0.2, 0.25) is 0 Å². The molecule has 2 aliphatic heterocycles. The Bertz CT molecular complexity index is 886. The number of hydrogen-bond acceptors (Lipinski definition) is 4. The van der Waals surface area contributed by atoms with Crippen molar-refractivity contribution < 1.29 is 13.2 Å². The average molecular weight is 430 g/mol. The number of carbonyl (C=O) groups excluding carboxylic acids is 1. The number of likely N-dealkylation sites (tertiary alicyclic amines) is 1. The van der Waals surface area contributed by atoms with Crippen LogP contribution in [0.3, 0.4) is 0 Å². The summed E-state index contributed by atoms with van der Waals surface area (Å²) in [6.45, 7) is 1.19. The van der Waals surface area contributed by atoms with E-state index >= 15 is 0 Å². The number of benzene rings is 1. The molecule has 2 heterocycles. The summed E-state index contributed by atoms with van der Waals surface area (Å²) in [4.78, 5) is 14.8. The van der Waals surface area contributed by atoms with Gasteiger partial charge in [0.1, 0.15) is 0 Å². The number of carbonyl (C=O) groups is 1. The van der Waals surface area contributed by atoms with Crippen LogP contribution in [0, 0.1) is 0 Å². The van der Waals surface area contributed by atoms with Crippen LogP contribution in [0.2, 0.25) is 0 Å². The minimum atomic E-state index is -3.82. The Morgan fingerprint density at radius 2 is 1.68 bits per heavy atom. The molecular weight excluding hydrogens is 403 g/mol. The molecule has 5 rings (SSSR count). The monoisotopic (exact) mass is 429 g/mol. The summed E-state index contributed by atoms with van der Waals surface area (Å²) >= 11 is 0. The molecule has 2 N–H and O–H groups in total. The van der Waals surface area contributed by atoms with Crippen LogP contribution in [-0.2, 0) is 35.9 Å². The van der Waals surface area contributed by atoms with Gasteiger partial charge < -0.3 is 10.2 Å². The smallest absolute Gasteiger partial charge is 0.307 e. The first-order valence-corrected chi connectivity index (χ1v) is 11.3. The zero-order chi connectivity index (χ0) is 18.8. The second-order valence-corrected chi connectivity index (χ2v) is 9.97. The van der Waals surface area contributed by atoms with Crippen LogP contribution < -0.4 is 10.0 Å². The van der Waals surface area contributed by atoms with Crippen molar-refractivity contribution in [1.29, 1.82) is 0 Å². The van der Waals surface area contributed by atoms with Gasteiger partial charge in [-0.2, -0.15) is 12.7 Å². The fraction of sp³-hybridized carbons (Fsp3) is 0.632. The number of nitrogens with one attached hydrogen (secondary N) is 2. The van der Waals surface area contributed by atoms with Crippen molar-refractivity contribution in [3.8, 4) is 0 Å². The Morgan fingerprint density at radius 1 is 1.04 bits per heavy atom. The third kappa shape index (κ3) is 3.62. The third-order valence-corrected chi connectivity index (χ3v) is 8.21. The maximum Gasteiger partial charge on any atom is 0.333 e. The SMILES string of the molecule is CN1C[C@@H]2C[C@H]1CN2S(=O)(=O)NC(=O)Nc1c2c(cc3c1CCC3)CCC2.[K]. The van der Waals surface area contributed by atoms with Crippen molar-refractivity contribution in [2.24, 2.45) is 0 Å². The van der Waals surface area contributed by atoms with Crippen LogP contribution in [0.1, 0.15) is 41.5 Å². The summed E-state index contributed by atoms with van der Waals surface area (Å²) in [7, 11) is -1.80. The molecule has 28 heavy (non-hydrogen) atoms.